The zero-order valence-electron chi connectivity index (χ0n) is 18.0. The molecule has 0 saturated carbocycles. The Morgan fingerprint density at radius 1 is 0.882 bits per heavy atom. The Labute approximate surface area is 205 Å². The minimum absolute atomic E-state index is 0.234. The van der Waals surface area contributed by atoms with Gasteiger partial charge in [0, 0.05) is 5.69 Å². The Kier molecular flexibility index (Phi) is 8.61. The summed E-state index contributed by atoms with van der Waals surface area (Å²) in [5.74, 6) is -1.68. The third-order valence-corrected chi connectivity index (χ3v) is 5.27. The van der Waals surface area contributed by atoms with Gasteiger partial charge in [-0.05, 0) is 60.5 Å². The van der Waals surface area contributed by atoms with Gasteiger partial charge in [-0.3, -0.25) is 14.4 Å². The molecule has 0 aliphatic carbocycles. The van der Waals surface area contributed by atoms with Gasteiger partial charge in [-0.15, -0.1) is 0 Å². The number of rotatable bonds is 7. The first-order valence-electron chi connectivity index (χ1n) is 10.00. The number of carbonyl (C=O) groups excluding carboxylic acids is 3. The fourth-order valence-electron chi connectivity index (χ4n) is 2.69. The molecule has 3 rings (SSSR count). The molecule has 3 N–H and O–H groups in total. The Hall–Kier alpha value is -3.88. The average molecular weight is 499 g/mol. The van der Waals surface area contributed by atoms with Gasteiger partial charge in [-0.2, -0.15) is 5.10 Å². The van der Waals surface area contributed by atoms with Gasteiger partial charge in [-0.1, -0.05) is 47.5 Å². The highest BCUT2D eigenvalue weighted by atomic mass is 35.5. The first-order chi connectivity index (χ1) is 16.3. The van der Waals surface area contributed by atoms with Crippen molar-refractivity contribution in [3.05, 3.63) is 87.9 Å². The molecule has 0 aliphatic rings. The maximum Gasteiger partial charge on any atom is 0.329 e. The van der Waals surface area contributed by atoms with Crippen LogP contribution in [0.4, 0.5) is 11.4 Å². The number of halogens is 2. The van der Waals surface area contributed by atoms with Crippen molar-refractivity contribution in [2.45, 2.75) is 6.92 Å². The summed E-state index contributed by atoms with van der Waals surface area (Å²) in [7, 11) is 0. The minimum atomic E-state index is -0.898. The van der Waals surface area contributed by atoms with E-state index in [1.54, 1.807) is 54.6 Å². The monoisotopic (exact) mass is 498 g/mol. The van der Waals surface area contributed by atoms with Crippen molar-refractivity contribution >= 4 is 58.5 Å². The fourth-order valence-corrected chi connectivity index (χ4v) is 3.04. The van der Waals surface area contributed by atoms with Gasteiger partial charge in [0.25, 0.3) is 5.91 Å². The number of amides is 3. The van der Waals surface area contributed by atoms with Crippen molar-refractivity contribution in [1.82, 2.24) is 5.43 Å². The van der Waals surface area contributed by atoms with Crippen molar-refractivity contribution < 1.29 is 19.1 Å². The summed E-state index contributed by atoms with van der Waals surface area (Å²) >= 11 is 12.0. The van der Waals surface area contributed by atoms with Gasteiger partial charge in [0.2, 0.25) is 0 Å². The molecule has 34 heavy (non-hydrogen) atoms. The predicted octanol–water partition coefficient (Wildman–Crippen LogP) is 4.41. The molecule has 3 aromatic rings. The zero-order chi connectivity index (χ0) is 24.5. The van der Waals surface area contributed by atoms with Crippen LogP contribution < -0.4 is 20.8 Å². The van der Waals surface area contributed by atoms with E-state index in [9.17, 15) is 14.4 Å². The van der Waals surface area contributed by atoms with Crippen LogP contribution in [0.1, 0.15) is 11.1 Å². The maximum absolute atomic E-state index is 12.1. The molecule has 0 spiro atoms. The first-order valence-corrected chi connectivity index (χ1v) is 10.8. The number of aryl methyl sites for hydroxylation is 1. The largest absolute Gasteiger partial charge is 0.484 e. The molecule has 10 heteroatoms. The lowest BCUT2D eigenvalue weighted by Gasteiger charge is -2.09. The van der Waals surface area contributed by atoms with Gasteiger partial charge in [0.05, 0.1) is 21.9 Å². The van der Waals surface area contributed by atoms with E-state index in [2.05, 4.69) is 21.2 Å². The second kappa shape index (κ2) is 11.8. The zero-order valence-corrected chi connectivity index (χ0v) is 19.5. The molecule has 0 radical (unpaired) electrons. The molecule has 8 nitrogen and oxygen atoms in total. The number of ether oxygens (including phenoxy) is 1. The third kappa shape index (κ3) is 7.06. The molecule has 3 aromatic carbocycles. The van der Waals surface area contributed by atoms with Gasteiger partial charge in [0.15, 0.2) is 6.61 Å². The third-order valence-electron chi connectivity index (χ3n) is 4.45. The number of para-hydroxylation sites is 1. The average Bonchev–Trinajstić information content (AvgIpc) is 2.83. The van der Waals surface area contributed by atoms with Gasteiger partial charge >= 0.3 is 11.8 Å². The standard InChI is InChI=1S/C24H20Cl2N4O4/c1-15-5-2-3-7-19(15)29-23(32)24(33)30-27-13-16-9-11-17(12-10-16)34-14-21(31)28-20-8-4-6-18(25)22(20)26/h2-13H,14H2,1H3,(H,28,31)(H,29,32)(H,30,33)/b27-13-. The molecular formula is C24H20Cl2N4O4. The number of carbonyl (C=O) groups is 3. The minimum Gasteiger partial charge on any atom is -0.484 e. The van der Waals surface area contributed by atoms with Gasteiger partial charge in [-0.25, -0.2) is 5.43 Å². The van der Waals surface area contributed by atoms with Gasteiger partial charge < -0.3 is 15.4 Å². The summed E-state index contributed by atoms with van der Waals surface area (Å²) in [6.07, 6.45) is 1.37. The van der Waals surface area contributed by atoms with Crippen LogP contribution in [-0.4, -0.2) is 30.5 Å². The van der Waals surface area contributed by atoms with E-state index in [0.29, 0.717) is 27.7 Å². The van der Waals surface area contributed by atoms with E-state index >= 15 is 0 Å². The molecule has 0 aromatic heterocycles. The number of hydrogen-bond donors (Lipinski definition) is 3. The summed E-state index contributed by atoms with van der Waals surface area (Å²) in [5, 5.41) is 9.51. The molecule has 0 heterocycles. The number of anilines is 2. The number of hydrazone groups is 1. The normalized spacial score (nSPS) is 10.6. The lowest BCUT2D eigenvalue weighted by Crippen LogP contribution is -2.32. The first kappa shape index (κ1) is 24.8. The molecule has 0 fully saturated rings. The van der Waals surface area contributed by atoms with Crippen LogP contribution in [0.3, 0.4) is 0 Å². The predicted molar refractivity (Wildman–Crippen MR) is 133 cm³/mol. The number of nitrogens with zero attached hydrogens (tertiary/aromatic N) is 1. The Morgan fingerprint density at radius 2 is 1.59 bits per heavy atom. The van der Waals surface area contributed by atoms with Crippen LogP contribution in [-0.2, 0) is 14.4 Å². The van der Waals surface area contributed by atoms with Gasteiger partial charge in [0.1, 0.15) is 5.75 Å². The van der Waals surface area contributed by atoms with E-state index in [-0.39, 0.29) is 11.6 Å². The molecule has 3 amide bonds. The molecule has 0 unspecified atom stereocenters. The van der Waals surface area contributed by atoms with Crippen molar-refractivity contribution in [3.8, 4) is 5.75 Å². The van der Waals surface area contributed by atoms with E-state index in [4.69, 9.17) is 27.9 Å². The molecule has 0 atom stereocenters. The van der Waals surface area contributed by atoms with E-state index in [1.807, 2.05) is 19.1 Å². The van der Waals surface area contributed by atoms with E-state index in [0.717, 1.165) is 5.56 Å². The second-order valence-corrected chi connectivity index (χ2v) is 7.76. The molecule has 0 bridgehead atoms. The highest BCUT2D eigenvalue weighted by Crippen LogP contribution is 2.29. The lowest BCUT2D eigenvalue weighted by molar-refractivity contribution is -0.136. The van der Waals surface area contributed by atoms with Crippen LogP contribution in [0.5, 0.6) is 5.75 Å². The molecule has 0 saturated heterocycles. The molecule has 0 aliphatic heterocycles. The maximum atomic E-state index is 12.1. The second-order valence-electron chi connectivity index (χ2n) is 6.98. The SMILES string of the molecule is Cc1ccccc1NC(=O)C(=O)N/N=C\c1ccc(OCC(=O)Nc2cccc(Cl)c2Cl)cc1. The van der Waals surface area contributed by atoms with Crippen molar-refractivity contribution in [2.75, 3.05) is 17.2 Å². The summed E-state index contributed by atoms with van der Waals surface area (Å²) < 4.78 is 5.45. The van der Waals surface area contributed by atoms with Crippen LogP contribution in [0.2, 0.25) is 10.0 Å². The Balaban J connectivity index is 1.45. The van der Waals surface area contributed by atoms with E-state index < -0.39 is 17.7 Å². The van der Waals surface area contributed by atoms with Crippen LogP contribution >= 0.6 is 23.2 Å². The van der Waals surface area contributed by atoms with Crippen LogP contribution in [0.15, 0.2) is 71.8 Å². The Morgan fingerprint density at radius 3 is 2.32 bits per heavy atom. The van der Waals surface area contributed by atoms with Crippen molar-refractivity contribution in [3.63, 3.8) is 0 Å². The summed E-state index contributed by atoms with van der Waals surface area (Å²) in [6.45, 7) is 1.59. The van der Waals surface area contributed by atoms with E-state index in [1.165, 1.54) is 6.21 Å². The topological polar surface area (TPSA) is 109 Å². The Bertz CT molecular complexity index is 1230. The number of nitrogens with one attached hydrogen (secondary N) is 3. The summed E-state index contributed by atoms with van der Waals surface area (Å²) in [6, 6.07) is 18.6. The van der Waals surface area contributed by atoms with Crippen LogP contribution in [0.25, 0.3) is 0 Å². The highest BCUT2D eigenvalue weighted by molar-refractivity contribution is 6.44. The van der Waals surface area contributed by atoms with Crippen molar-refractivity contribution in [2.24, 2.45) is 5.10 Å². The summed E-state index contributed by atoms with van der Waals surface area (Å²) in [5.41, 5.74) is 4.59. The summed E-state index contributed by atoms with van der Waals surface area (Å²) in [4.78, 5) is 36.0. The smallest absolute Gasteiger partial charge is 0.329 e. The molecular weight excluding hydrogens is 479 g/mol. The fraction of sp³-hybridized carbons (Fsp3) is 0.0833. The quantitative estimate of drug-likeness (QED) is 0.254. The van der Waals surface area contributed by atoms with Crippen LogP contribution in [0, 0.1) is 6.92 Å². The molecule has 174 valence electrons. The number of hydrogen-bond acceptors (Lipinski definition) is 5. The van der Waals surface area contributed by atoms with Crippen molar-refractivity contribution in [1.29, 1.82) is 0 Å². The number of benzene rings is 3. The lowest BCUT2D eigenvalue weighted by atomic mass is 10.2. The highest BCUT2D eigenvalue weighted by Gasteiger charge is 2.13.